The molecule has 1 atom stereocenters. The van der Waals surface area contributed by atoms with Crippen LogP contribution in [0.3, 0.4) is 0 Å². The summed E-state index contributed by atoms with van der Waals surface area (Å²) in [5.41, 5.74) is 0.441. The van der Waals surface area contributed by atoms with Crippen molar-refractivity contribution in [3.05, 3.63) is 64.8 Å². The first-order chi connectivity index (χ1) is 11.5. The first-order valence-corrected chi connectivity index (χ1v) is 7.19. The fourth-order valence-corrected chi connectivity index (χ4v) is 2.15. The molecule has 1 amide bonds. The normalized spacial score (nSPS) is 12.1. The summed E-state index contributed by atoms with van der Waals surface area (Å²) >= 11 is 0. The Labute approximate surface area is 135 Å². The Hall–Kier alpha value is -3.16. The number of carbonyl (C=O) groups is 1. The Kier molecular flexibility index (Phi) is 4.28. The van der Waals surface area contributed by atoms with Crippen LogP contribution in [0.5, 0.6) is 0 Å². The summed E-state index contributed by atoms with van der Waals surface area (Å²) in [6, 6.07) is 8.44. The lowest BCUT2D eigenvalue weighted by Gasteiger charge is -2.10. The molecule has 7 nitrogen and oxygen atoms in total. The lowest BCUT2D eigenvalue weighted by atomic mass is 10.2. The van der Waals surface area contributed by atoms with Crippen molar-refractivity contribution in [3.63, 3.8) is 0 Å². The van der Waals surface area contributed by atoms with Crippen LogP contribution in [0.25, 0.3) is 11.5 Å². The van der Waals surface area contributed by atoms with Crippen LogP contribution in [-0.2, 0) is 11.3 Å². The molecule has 0 bridgehead atoms. The smallest absolute Gasteiger partial charge is 0.437 e. The molecule has 2 heterocycles. The van der Waals surface area contributed by atoms with Gasteiger partial charge in [0.2, 0.25) is 11.8 Å². The van der Waals surface area contributed by atoms with Gasteiger partial charge in [0.15, 0.2) is 0 Å². The van der Waals surface area contributed by atoms with Gasteiger partial charge < -0.3 is 14.2 Å². The predicted molar refractivity (Wildman–Crippen MR) is 81.4 cm³/mol. The van der Waals surface area contributed by atoms with E-state index in [1.165, 1.54) is 30.5 Å². The number of hydrogen-bond acceptors (Lipinski definition) is 5. The Morgan fingerprint density at radius 3 is 2.75 bits per heavy atom. The van der Waals surface area contributed by atoms with Gasteiger partial charge in [0.1, 0.15) is 18.1 Å². The van der Waals surface area contributed by atoms with E-state index in [1.54, 1.807) is 19.1 Å². The van der Waals surface area contributed by atoms with Crippen molar-refractivity contribution in [2.45, 2.75) is 19.5 Å². The fourth-order valence-electron chi connectivity index (χ4n) is 2.15. The zero-order valence-electron chi connectivity index (χ0n) is 12.7. The molecule has 0 aliphatic carbocycles. The van der Waals surface area contributed by atoms with E-state index in [9.17, 15) is 14.0 Å². The highest BCUT2D eigenvalue weighted by molar-refractivity contribution is 5.76. The van der Waals surface area contributed by atoms with Gasteiger partial charge in [0, 0.05) is 5.56 Å². The van der Waals surface area contributed by atoms with Crippen molar-refractivity contribution in [2.75, 3.05) is 0 Å². The van der Waals surface area contributed by atoms with Gasteiger partial charge in [-0.1, -0.05) is 0 Å². The summed E-state index contributed by atoms with van der Waals surface area (Å²) in [4.78, 5) is 23.8. The number of rotatable bonds is 5. The molecule has 3 rings (SSSR count). The van der Waals surface area contributed by atoms with Gasteiger partial charge in [-0.25, -0.2) is 9.18 Å². The molecule has 0 spiro atoms. The topological polar surface area (TPSA) is 90.3 Å². The standard InChI is InChI=1S/C16H14FN3O4/c1-10(13-3-2-8-23-13)18-14(21)9-20-16(22)24-15(19-20)11-4-6-12(17)7-5-11/h2-8,10H,9H2,1H3,(H,18,21). The van der Waals surface area contributed by atoms with E-state index in [0.717, 1.165) is 4.68 Å². The van der Waals surface area contributed by atoms with Crippen molar-refractivity contribution in [2.24, 2.45) is 0 Å². The third-order valence-electron chi connectivity index (χ3n) is 3.34. The average molecular weight is 331 g/mol. The summed E-state index contributed by atoms with van der Waals surface area (Å²) in [7, 11) is 0. The molecule has 24 heavy (non-hydrogen) atoms. The van der Waals surface area contributed by atoms with Crippen LogP contribution in [0.4, 0.5) is 4.39 Å². The van der Waals surface area contributed by atoms with Gasteiger partial charge in [0.05, 0.1) is 12.3 Å². The summed E-state index contributed by atoms with van der Waals surface area (Å²) < 4.78 is 24.0. The fraction of sp³-hybridized carbons (Fsp3) is 0.188. The number of hydrogen-bond donors (Lipinski definition) is 1. The third kappa shape index (κ3) is 3.43. The van der Waals surface area contributed by atoms with Crippen LogP contribution in [0.1, 0.15) is 18.7 Å². The molecule has 0 radical (unpaired) electrons. The van der Waals surface area contributed by atoms with E-state index in [1.807, 2.05) is 0 Å². The average Bonchev–Trinajstić information content (AvgIpc) is 3.19. The quantitative estimate of drug-likeness (QED) is 0.773. The second kappa shape index (κ2) is 6.53. The number of carbonyl (C=O) groups excluding carboxylic acids is 1. The minimum Gasteiger partial charge on any atom is -0.467 e. The molecular formula is C16H14FN3O4. The summed E-state index contributed by atoms with van der Waals surface area (Å²) in [6.45, 7) is 1.46. The highest BCUT2D eigenvalue weighted by atomic mass is 19.1. The summed E-state index contributed by atoms with van der Waals surface area (Å²) in [5.74, 6) is -0.975. The predicted octanol–water partition coefficient (Wildman–Crippen LogP) is 2.11. The molecule has 0 saturated heterocycles. The highest BCUT2D eigenvalue weighted by Crippen LogP contribution is 2.15. The van der Waals surface area contributed by atoms with Crippen molar-refractivity contribution in [1.82, 2.24) is 15.1 Å². The molecule has 0 fully saturated rings. The van der Waals surface area contributed by atoms with Crippen LogP contribution in [0.15, 0.2) is 56.3 Å². The first kappa shape index (κ1) is 15.7. The lowest BCUT2D eigenvalue weighted by Crippen LogP contribution is -2.33. The van der Waals surface area contributed by atoms with Crippen molar-refractivity contribution >= 4 is 5.91 Å². The molecule has 124 valence electrons. The van der Waals surface area contributed by atoms with E-state index < -0.39 is 17.5 Å². The molecule has 0 aliphatic heterocycles. The molecule has 8 heteroatoms. The van der Waals surface area contributed by atoms with Crippen LogP contribution in [0.2, 0.25) is 0 Å². The second-order valence-electron chi connectivity index (χ2n) is 5.14. The van der Waals surface area contributed by atoms with Gasteiger partial charge in [0.25, 0.3) is 0 Å². The first-order valence-electron chi connectivity index (χ1n) is 7.19. The van der Waals surface area contributed by atoms with Crippen LogP contribution in [0, 0.1) is 5.82 Å². The second-order valence-corrected chi connectivity index (χ2v) is 5.14. The van der Waals surface area contributed by atoms with Crippen molar-refractivity contribution in [3.8, 4) is 11.5 Å². The van der Waals surface area contributed by atoms with E-state index in [-0.39, 0.29) is 18.5 Å². The maximum absolute atomic E-state index is 12.9. The maximum atomic E-state index is 12.9. The van der Waals surface area contributed by atoms with Crippen LogP contribution in [-0.4, -0.2) is 15.7 Å². The molecule has 3 aromatic rings. The Morgan fingerprint density at radius 2 is 2.08 bits per heavy atom. The van der Waals surface area contributed by atoms with E-state index in [0.29, 0.717) is 11.3 Å². The molecule has 1 unspecified atom stereocenters. The van der Waals surface area contributed by atoms with Crippen molar-refractivity contribution in [1.29, 1.82) is 0 Å². The molecular weight excluding hydrogens is 317 g/mol. The largest absolute Gasteiger partial charge is 0.467 e. The zero-order chi connectivity index (χ0) is 17.1. The van der Waals surface area contributed by atoms with Gasteiger partial charge in [-0.2, -0.15) is 4.68 Å². The molecule has 2 aromatic heterocycles. The van der Waals surface area contributed by atoms with Crippen LogP contribution < -0.4 is 11.1 Å². The van der Waals surface area contributed by atoms with Gasteiger partial charge in [-0.3, -0.25) is 4.79 Å². The SMILES string of the molecule is CC(NC(=O)Cn1nc(-c2ccc(F)cc2)oc1=O)c1ccco1. The number of nitrogens with zero attached hydrogens (tertiary/aromatic N) is 2. The van der Waals surface area contributed by atoms with E-state index >= 15 is 0 Å². The highest BCUT2D eigenvalue weighted by Gasteiger charge is 2.16. The van der Waals surface area contributed by atoms with Gasteiger partial charge in [-0.05, 0) is 43.3 Å². The Balaban J connectivity index is 1.70. The van der Waals surface area contributed by atoms with E-state index in [2.05, 4.69) is 10.4 Å². The zero-order valence-corrected chi connectivity index (χ0v) is 12.7. The number of halogens is 1. The number of amides is 1. The number of furan rings is 1. The molecule has 0 aliphatic rings. The lowest BCUT2D eigenvalue weighted by molar-refractivity contribution is -0.122. The number of nitrogens with one attached hydrogen (secondary N) is 1. The van der Waals surface area contributed by atoms with E-state index in [4.69, 9.17) is 8.83 Å². The Morgan fingerprint density at radius 1 is 1.33 bits per heavy atom. The molecule has 1 N–H and O–H groups in total. The number of benzene rings is 1. The summed E-state index contributed by atoms with van der Waals surface area (Å²) in [5, 5.41) is 6.64. The number of aromatic nitrogens is 2. The minimum atomic E-state index is -0.768. The van der Waals surface area contributed by atoms with Crippen molar-refractivity contribution < 1.29 is 18.0 Å². The minimum absolute atomic E-state index is 0.0203. The monoisotopic (exact) mass is 331 g/mol. The van der Waals surface area contributed by atoms with Gasteiger partial charge >= 0.3 is 5.76 Å². The van der Waals surface area contributed by atoms with Crippen LogP contribution >= 0.6 is 0 Å². The Bertz CT molecular complexity index is 881. The molecule has 1 aromatic carbocycles. The third-order valence-corrected chi connectivity index (χ3v) is 3.34. The van der Waals surface area contributed by atoms with Gasteiger partial charge in [-0.15, -0.1) is 5.10 Å². The molecule has 0 saturated carbocycles. The maximum Gasteiger partial charge on any atom is 0.437 e. The summed E-state index contributed by atoms with van der Waals surface area (Å²) in [6.07, 6.45) is 1.51.